The number of allylic oxidation sites excluding steroid dienone is 1. The lowest BCUT2D eigenvalue weighted by atomic mass is 10.5. The van der Waals surface area contributed by atoms with Crippen LogP contribution >= 0.6 is 0 Å². The fourth-order valence-corrected chi connectivity index (χ4v) is 6.52. The van der Waals surface area contributed by atoms with Gasteiger partial charge in [0.2, 0.25) is 0 Å². The second-order valence-corrected chi connectivity index (χ2v) is 8.10. The van der Waals surface area contributed by atoms with Gasteiger partial charge in [0.1, 0.15) is 0 Å². The van der Waals surface area contributed by atoms with Gasteiger partial charge in [-0.3, -0.25) is 0 Å². The molecule has 0 radical (unpaired) electrons. The smallest absolute Gasteiger partial charge is 0.193 e. The van der Waals surface area contributed by atoms with E-state index in [0.717, 1.165) is 13.0 Å². The van der Waals surface area contributed by atoms with Crippen molar-refractivity contribution in [1.82, 2.24) is 0 Å². The first kappa shape index (κ1) is 13.9. The Morgan fingerprint density at radius 2 is 1.64 bits per heavy atom. The molecule has 0 aliphatic heterocycles. The van der Waals surface area contributed by atoms with Gasteiger partial charge in [-0.1, -0.05) is 32.8 Å². The Morgan fingerprint density at radius 3 is 2.00 bits per heavy atom. The van der Waals surface area contributed by atoms with Gasteiger partial charge in [-0.2, -0.15) is 0 Å². The summed E-state index contributed by atoms with van der Waals surface area (Å²) in [5.74, 6) is 0. The fraction of sp³-hybridized carbons (Fsp3) is 0.833. The molecule has 2 heteroatoms. The molecule has 0 rings (SSSR count). The van der Waals surface area contributed by atoms with Crippen molar-refractivity contribution in [3.8, 4) is 0 Å². The molecular formula is C12H26OSi. The van der Waals surface area contributed by atoms with Crippen molar-refractivity contribution < 1.29 is 4.43 Å². The van der Waals surface area contributed by atoms with Crippen molar-refractivity contribution >= 4 is 8.32 Å². The summed E-state index contributed by atoms with van der Waals surface area (Å²) in [7, 11) is -1.39. The number of hydrogen-bond donors (Lipinski definition) is 0. The van der Waals surface area contributed by atoms with Gasteiger partial charge in [0, 0.05) is 6.61 Å². The molecule has 0 aromatic heterocycles. The highest BCUT2D eigenvalue weighted by Crippen LogP contribution is 2.27. The van der Waals surface area contributed by atoms with Crippen LogP contribution in [0.25, 0.3) is 0 Å². The monoisotopic (exact) mass is 214 g/mol. The predicted octanol–water partition coefficient (Wildman–Crippen LogP) is 4.36. The van der Waals surface area contributed by atoms with E-state index in [9.17, 15) is 0 Å². The van der Waals surface area contributed by atoms with Crippen molar-refractivity contribution in [2.45, 2.75) is 58.2 Å². The molecule has 0 heterocycles. The Hall–Kier alpha value is -0.0831. The van der Waals surface area contributed by atoms with E-state index >= 15 is 0 Å². The lowest BCUT2D eigenvalue weighted by Crippen LogP contribution is -2.37. The average molecular weight is 214 g/mol. The van der Waals surface area contributed by atoms with Gasteiger partial charge in [-0.25, -0.2) is 0 Å². The minimum Gasteiger partial charge on any atom is -0.417 e. The van der Waals surface area contributed by atoms with Crippen LogP contribution in [0, 0.1) is 0 Å². The summed E-state index contributed by atoms with van der Waals surface area (Å²) in [6.45, 7) is 11.4. The van der Waals surface area contributed by atoms with E-state index < -0.39 is 8.32 Å². The van der Waals surface area contributed by atoms with E-state index in [0.29, 0.717) is 0 Å². The van der Waals surface area contributed by atoms with Gasteiger partial charge in [0.15, 0.2) is 8.32 Å². The van der Waals surface area contributed by atoms with Gasteiger partial charge < -0.3 is 4.43 Å². The molecule has 0 aliphatic carbocycles. The Balaban J connectivity index is 4.28. The van der Waals surface area contributed by atoms with Crippen molar-refractivity contribution in [1.29, 1.82) is 0 Å². The van der Waals surface area contributed by atoms with Crippen LogP contribution in [0.5, 0.6) is 0 Å². The van der Waals surface area contributed by atoms with Crippen molar-refractivity contribution in [3.05, 3.63) is 12.7 Å². The third kappa shape index (κ3) is 4.96. The van der Waals surface area contributed by atoms with E-state index in [1.54, 1.807) is 0 Å². The molecule has 0 atom stereocenters. The quantitative estimate of drug-likeness (QED) is 0.409. The summed E-state index contributed by atoms with van der Waals surface area (Å²) in [6.07, 6.45) is 5.70. The lowest BCUT2D eigenvalue weighted by Gasteiger charge is -2.30. The van der Waals surface area contributed by atoms with Gasteiger partial charge in [0.05, 0.1) is 0 Å². The van der Waals surface area contributed by atoms with Crippen LogP contribution in [0.1, 0.15) is 40.0 Å². The first-order chi connectivity index (χ1) is 6.74. The molecule has 0 saturated heterocycles. The third-order valence-corrected chi connectivity index (χ3v) is 7.59. The molecule has 0 spiro atoms. The molecule has 1 nitrogen and oxygen atoms in total. The highest BCUT2D eigenvalue weighted by atomic mass is 28.4. The minimum atomic E-state index is -1.39. The standard InChI is InChI=1S/C12H26OSi/c1-5-9-12-14(10-6-2,11-7-3)13-8-4/h5H,1,6-12H2,2-4H3. The minimum absolute atomic E-state index is 0.892. The van der Waals surface area contributed by atoms with Crippen molar-refractivity contribution in [2.24, 2.45) is 0 Å². The largest absolute Gasteiger partial charge is 0.417 e. The van der Waals surface area contributed by atoms with E-state index in [-0.39, 0.29) is 0 Å². The Bertz CT molecular complexity index is 128. The SMILES string of the molecule is C=CCC[Si](CCC)(CCC)OCC. The van der Waals surface area contributed by atoms with Crippen LogP contribution in [0.15, 0.2) is 12.7 Å². The molecule has 84 valence electrons. The second kappa shape index (κ2) is 8.24. The molecule has 0 aromatic carbocycles. The predicted molar refractivity (Wildman–Crippen MR) is 67.2 cm³/mol. The van der Waals surface area contributed by atoms with E-state index in [1.165, 1.54) is 31.0 Å². The van der Waals surface area contributed by atoms with Crippen LogP contribution < -0.4 is 0 Å². The van der Waals surface area contributed by atoms with Crippen LogP contribution in [-0.4, -0.2) is 14.9 Å². The molecule has 0 fully saturated rings. The molecule has 0 aliphatic rings. The zero-order valence-electron chi connectivity index (χ0n) is 10.1. The fourth-order valence-electron chi connectivity index (χ4n) is 2.17. The molecule has 0 N–H and O–H groups in total. The van der Waals surface area contributed by atoms with E-state index in [2.05, 4.69) is 27.4 Å². The van der Waals surface area contributed by atoms with E-state index in [1.807, 2.05) is 6.08 Å². The van der Waals surface area contributed by atoms with Gasteiger partial charge in [0.25, 0.3) is 0 Å². The highest BCUT2D eigenvalue weighted by Gasteiger charge is 2.31. The van der Waals surface area contributed by atoms with Crippen molar-refractivity contribution in [3.63, 3.8) is 0 Å². The molecule has 0 amide bonds. The normalized spacial score (nSPS) is 11.6. The zero-order valence-corrected chi connectivity index (χ0v) is 11.1. The summed E-state index contributed by atoms with van der Waals surface area (Å²) in [5.41, 5.74) is 0. The van der Waals surface area contributed by atoms with E-state index in [4.69, 9.17) is 4.43 Å². The molecular weight excluding hydrogens is 188 g/mol. The zero-order chi connectivity index (χ0) is 10.9. The first-order valence-electron chi connectivity index (χ1n) is 5.99. The Kier molecular flexibility index (Phi) is 8.19. The number of rotatable bonds is 9. The van der Waals surface area contributed by atoms with Crippen LogP contribution in [0.4, 0.5) is 0 Å². The lowest BCUT2D eigenvalue weighted by molar-refractivity contribution is 0.316. The Labute approximate surface area is 90.7 Å². The van der Waals surface area contributed by atoms with Crippen molar-refractivity contribution in [2.75, 3.05) is 6.61 Å². The maximum Gasteiger partial charge on any atom is 0.193 e. The molecule has 0 bridgehead atoms. The van der Waals surface area contributed by atoms with Gasteiger partial charge in [-0.05, 0) is 31.5 Å². The molecule has 14 heavy (non-hydrogen) atoms. The molecule has 0 aromatic rings. The average Bonchev–Trinajstić information content (AvgIpc) is 2.16. The second-order valence-electron chi connectivity index (χ2n) is 3.94. The van der Waals surface area contributed by atoms with Crippen LogP contribution in [-0.2, 0) is 4.43 Å². The summed E-state index contributed by atoms with van der Waals surface area (Å²) < 4.78 is 6.10. The summed E-state index contributed by atoms with van der Waals surface area (Å²) in [6, 6.07) is 3.91. The van der Waals surface area contributed by atoms with Gasteiger partial charge >= 0.3 is 0 Å². The van der Waals surface area contributed by atoms with Gasteiger partial charge in [-0.15, -0.1) is 6.58 Å². The molecule has 0 unspecified atom stereocenters. The van der Waals surface area contributed by atoms with Crippen LogP contribution in [0.2, 0.25) is 18.1 Å². The van der Waals surface area contributed by atoms with Crippen LogP contribution in [0.3, 0.4) is 0 Å². The first-order valence-corrected chi connectivity index (χ1v) is 8.52. The Morgan fingerprint density at radius 1 is 1.07 bits per heavy atom. The summed E-state index contributed by atoms with van der Waals surface area (Å²) in [5, 5.41) is 0. The highest BCUT2D eigenvalue weighted by molar-refractivity contribution is 6.73. The third-order valence-electron chi connectivity index (χ3n) is 2.67. The maximum absolute atomic E-state index is 6.10. The summed E-state index contributed by atoms with van der Waals surface area (Å²) >= 11 is 0. The maximum atomic E-state index is 6.10. The molecule has 0 saturated carbocycles. The topological polar surface area (TPSA) is 9.23 Å². The summed E-state index contributed by atoms with van der Waals surface area (Å²) in [4.78, 5) is 0. The number of hydrogen-bond acceptors (Lipinski definition) is 1.